The molecule has 0 aliphatic rings. The second-order valence-electron chi connectivity index (χ2n) is 1.78. The van der Waals surface area contributed by atoms with Gasteiger partial charge in [-0.05, 0) is 12.8 Å². The molecule has 0 heterocycles. The first-order valence-corrected chi connectivity index (χ1v) is 3.26. The monoisotopic (exact) mass is 152 g/mol. The summed E-state index contributed by atoms with van der Waals surface area (Å²) in [5.74, 6) is 0. The van der Waals surface area contributed by atoms with E-state index in [0.29, 0.717) is 12.8 Å². The van der Waals surface area contributed by atoms with Gasteiger partial charge in [0.25, 0.3) is 0 Å². The van der Waals surface area contributed by atoms with Crippen LogP contribution >= 0.6 is 0 Å². The molecule has 0 aliphatic carbocycles. The molecule has 0 rings (SSSR count). The fraction of sp³-hybridized carbons (Fsp3) is 1.00. The lowest BCUT2D eigenvalue weighted by Gasteiger charge is -1.90. The molecule has 4 N–H and O–H groups in total. The molecule has 4 nitrogen and oxygen atoms in total. The van der Waals surface area contributed by atoms with E-state index in [-0.39, 0.29) is 0 Å². The molecular weight excluding hydrogens is 136 g/mol. The summed E-state index contributed by atoms with van der Waals surface area (Å²) in [6, 6.07) is 0. The van der Waals surface area contributed by atoms with Gasteiger partial charge in [-0.1, -0.05) is 13.8 Å². The van der Waals surface area contributed by atoms with Crippen LogP contribution in [-0.4, -0.2) is 33.0 Å². The van der Waals surface area contributed by atoms with E-state index in [1.165, 1.54) is 0 Å². The quantitative estimate of drug-likeness (QED) is 0.399. The summed E-state index contributed by atoms with van der Waals surface area (Å²) in [6.07, 6.45) is -1.40. The fourth-order valence-electron chi connectivity index (χ4n) is 0. The standard InChI is InChI=1S/2C3H8O2/c2*1-2-3(4)5/h2*3-5H,2H2,1H3. The Balaban J connectivity index is 0. The molecular formula is C6H16O4. The molecule has 0 atom stereocenters. The number of aliphatic hydroxyl groups excluding tert-OH is 2. The summed E-state index contributed by atoms with van der Waals surface area (Å²) in [6.45, 7) is 3.40. The second kappa shape index (κ2) is 8.84. The Morgan fingerprint density at radius 3 is 0.900 bits per heavy atom. The maximum Gasteiger partial charge on any atom is 0.151 e. The van der Waals surface area contributed by atoms with Crippen LogP contribution in [0.2, 0.25) is 0 Å². The first-order chi connectivity index (χ1) is 4.54. The summed E-state index contributed by atoms with van der Waals surface area (Å²) in [5, 5.41) is 31.7. The molecule has 64 valence electrons. The summed E-state index contributed by atoms with van der Waals surface area (Å²) >= 11 is 0. The van der Waals surface area contributed by atoms with Crippen LogP contribution in [-0.2, 0) is 0 Å². The summed E-state index contributed by atoms with van der Waals surface area (Å²) < 4.78 is 0. The topological polar surface area (TPSA) is 80.9 Å². The predicted molar refractivity (Wildman–Crippen MR) is 37.0 cm³/mol. The number of rotatable bonds is 2. The van der Waals surface area contributed by atoms with E-state index in [1.54, 1.807) is 13.8 Å². The van der Waals surface area contributed by atoms with E-state index in [4.69, 9.17) is 20.4 Å². The van der Waals surface area contributed by atoms with Crippen molar-refractivity contribution in [2.75, 3.05) is 0 Å². The first kappa shape index (κ1) is 12.5. The molecule has 0 bridgehead atoms. The van der Waals surface area contributed by atoms with E-state index in [1.807, 2.05) is 0 Å². The third kappa shape index (κ3) is 24.9. The van der Waals surface area contributed by atoms with E-state index in [2.05, 4.69) is 0 Å². The fourth-order valence-corrected chi connectivity index (χ4v) is 0. The maximum atomic E-state index is 7.92. The van der Waals surface area contributed by atoms with Crippen molar-refractivity contribution >= 4 is 0 Å². The molecule has 0 aromatic heterocycles. The van der Waals surface area contributed by atoms with Gasteiger partial charge in [-0.25, -0.2) is 0 Å². The van der Waals surface area contributed by atoms with Crippen molar-refractivity contribution in [3.8, 4) is 0 Å². The lowest BCUT2D eigenvalue weighted by Crippen LogP contribution is -1.99. The van der Waals surface area contributed by atoms with E-state index >= 15 is 0 Å². The molecule has 0 unspecified atom stereocenters. The summed E-state index contributed by atoms with van der Waals surface area (Å²) in [4.78, 5) is 0. The average molecular weight is 152 g/mol. The minimum atomic E-state index is -1.12. The minimum Gasteiger partial charge on any atom is -0.368 e. The van der Waals surface area contributed by atoms with Crippen molar-refractivity contribution in [1.82, 2.24) is 0 Å². The van der Waals surface area contributed by atoms with E-state index in [9.17, 15) is 0 Å². The Kier molecular flexibility index (Phi) is 11.1. The number of hydrogen-bond acceptors (Lipinski definition) is 4. The van der Waals surface area contributed by atoms with Crippen molar-refractivity contribution in [1.29, 1.82) is 0 Å². The molecule has 0 saturated carbocycles. The summed E-state index contributed by atoms with van der Waals surface area (Å²) in [7, 11) is 0. The highest BCUT2D eigenvalue weighted by molar-refractivity contribution is 4.22. The Hall–Kier alpha value is -0.160. The molecule has 0 fully saturated rings. The van der Waals surface area contributed by atoms with Crippen molar-refractivity contribution < 1.29 is 20.4 Å². The zero-order chi connectivity index (χ0) is 8.57. The van der Waals surface area contributed by atoms with Crippen LogP contribution in [0.15, 0.2) is 0 Å². The van der Waals surface area contributed by atoms with Gasteiger partial charge in [-0.15, -0.1) is 0 Å². The van der Waals surface area contributed by atoms with Gasteiger partial charge in [0, 0.05) is 0 Å². The zero-order valence-corrected chi connectivity index (χ0v) is 6.36. The van der Waals surface area contributed by atoms with Crippen LogP contribution in [0.4, 0.5) is 0 Å². The van der Waals surface area contributed by atoms with Crippen LogP contribution in [0.1, 0.15) is 26.7 Å². The highest BCUT2D eigenvalue weighted by Gasteiger charge is 1.83. The first-order valence-electron chi connectivity index (χ1n) is 3.26. The number of hydrogen-bond donors (Lipinski definition) is 4. The molecule has 0 spiro atoms. The smallest absolute Gasteiger partial charge is 0.151 e. The van der Waals surface area contributed by atoms with Crippen molar-refractivity contribution in [2.24, 2.45) is 0 Å². The molecule has 0 amide bonds. The Morgan fingerprint density at radius 1 is 0.800 bits per heavy atom. The normalized spacial score (nSPS) is 9.60. The van der Waals surface area contributed by atoms with Gasteiger partial charge >= 0.3 is 0 Å². The SMILES string of the molecule is CCC(O)O.CCC(O)O. The van der Waals surface area contributed by atoms with E-state index in [0.717, 1.165) is 0 Å². The van der Waals surface area contributed by atoms with Gasteiger partial charge in [-0.2, -0.15) is 0 Å². The molecule has 0 radical (unpaired) electrons. The van der Waals surface area contributed by atoms with Crippen LogP contribution in [0.25, 0.3) is 0 Å². The molecule has 0 aromatic rings. The third-order valence-corrected chi connectivity index (χ3v) is 0.730. The molecule has 4 heteroatoms. The Morgan fingerprint density at radius 2 is 0.900 bits per heavy atom. The van der Waals surface area contributed by atoms with Crippen molar-refractivity contribution in [3.63, 3.8) is 0 Å². The van der Waals surface area contributed by atoms with Gasteiger partial charge in [0.2, 0.25) is 0 Å². The lowest BCUT2D eigenvalue weighted by molar-refractivity contribution is -0.0420. The largest absolute Gasteiger partial charge is 0.368 e. The van der Waals surface area contributed by atoms with E-state index < -0.39 is 12.6 Å². The van der Waals surface area contributed by atoms with Gasteiger partial charge in [0.15, 0.2) is 12.6 Å². The average Bonchev–Trinajstić information content (AvgIpc) is 1.89. The Bertz CT molecular complexity index is 45.7. The molecule has 10 heavy (non-hydrogen) atoms. The summed E-state index contributed by atoms with van der Waals surface area (Å²) in [5.41, 5.74) is 0. The van der Waals surface area contributed by atoms with Crippen molar-refractivity contribution in [2.45, 2.75) is 39.3 Å². The maximum absolute atomic E-state index is 7.92. The van der Waals surface area contributed by atoms with Crippen LogP contribution < -0.4 is 0 Å². The van der Waals surface area contributed by atoms with Gasteiger partial charge < -0.3 is 20.4 Å². The number of aliphatic hydroxyl groups is 4. The Labute approximate surface area is 60.7 Å². The zero-order valence-electron chi connectivity index (χ0n) is 6.36. The van der Waals surface area contributed by atoms with Crippen LogP contribution in [0, 0.1) is 0 Å². The molecule has 0 aliphatic heterocycles. The molecule has 0 saturated heterocycles. The third-order valence-electron chi connectivity index (χ3n) is 0.730. The minimum absolute atomic E-state index is 0.417. The van der Waals surface area contributed by atoms with Crippen LogP contribution in [0.3, 0.4) is 0 Å². The van der Waals surface area contributed by atoms with Gasteiger partial charge in [0.05, 0.1) is 0 Å². The van der Waals surface area contributed by atoms with Crippen LogP contribution in [0.5, 0.6) is 0 Å². The highest BCUT2D eigenvalue weighted by Crippen LogP contribution is 1.77. The lowest BCUT2D eigenvalue weighted by atomic mass is 10.5. The van der Waals surface area contributed by atoms with Gasteiger partial charge in [0.1, 0.15) is 0 Å². The van der Waals surface area contributed by atoms with Gasteiger partial charge in [-0.3, -0.25) is 0 Å². The molecule has 0 aromatic carbocycles. The van der Waals surface area contributed by atoms with Crippen molar-refractivity contribution in [3.05, 3.63) is 0 Å². The highest BCUT2D eigenvalue weighted by atomic mass is 16.5. The second-order valence-corrected chi connectivity index (χ2v) is 1.78. The predicted octanol–water partition coefficient (Wildman–Crippen LogP) is -0.586.